The third-order valence-corrected chi connectivity index (χ3v) is 5.17. The summed E-state index contributed by atoms with van der Waals surface area (Å²) in [5, 5.41) is 1.91. The highest BCUT2D eigenvalue weighted by Crippen LogP contribution is 2.14. The van der Waals surface area contributed by atoms with Gasteiger partial charge in [0.05, 0.1) is 10.6 Å². The number of rotatable bonds is 4. The molecular weight excluding hydrogens is 296 g/mol. The number of amides is 1. The first-order chi connectivity index (χ1) is 9.46. The average Bonchev–Trinajstić information content (AvgIpc) is 2.80. The summed E-state index contributed by atoms with van der Waals surface area (Å²) in [6, 6.07) is 3.73. The van der Waals surface area contributed by atoms with Crippen molar-refractivity contribution >= 4 is 27.1 Å². The molecule has 1 saturated heterocycles. The maximum Gasteiger partial charge on any atom is 0.263 e. The van der Waals surface area contributed by atoms with Gasteiger partial charge in [-0.05, 0) is 24.4 Å². The lowest BCUT2D eigenvalue weighted by Gasteiger charge is -2.21. The minimum atomic E-state index is -2.92. The van der Waals surface area contributed by atoms with E-state index in [1.165, 1.54) is 17.6 Å². The number of hydrogen-bond donors (Lipinski definition) is 0. The summed E-state index contributed by atoms with van der Waals surface area (Å²) >= 11 is 1.46. The molecule has 0 saturated carbocycles. The van der Waals surface area contributed by atoms with Gasteiger partial charge in [-0.3, -0.25) is 4.79 Å². The molecule has 0 radical (unpaired) electrons. The van der Waals surface area contributed by atoms with Crippen LogP contribution in [0.15, 0.2) is 17.5 Å². The average molecular weight is 316 g/mol. The maximum absolute atomic E-state index is 12.3. The largest absolute Gasteiger partial charge is 0.337 e. The van der Waals surface area contributed by atoms with Crippen LogP contribution in [0, 0.1) is 0 Å². The van der Waals surface area contributed by atoms with Crippen LogP contribution in [0.5, 0.6) is 0 Å². The molecule has 1 fully saturated rings. The van der Waals surface area contributed by atoms with Crippen molar-refractivity contribution in [2.75, 3.05) is 44.7 Å². The highest BCUT2D eigenvalue weighted by atomic mass is 32.2. The van der Waals surface area contributed by atoms with Crippen LogP contribution < -0.4 is 0 Å². The number of carbonyl (C=O) groups excluding carboxylic acids is 1. The molecule has 20 heavy (non-hydrogen) atoms. The summed E-state index contributed by atoms with van der Waals surface area (Å²) in [6.45, 7) is 3.56. The standard InChI is InChI=1S/C13H20N2O3S2/c1-20(17,18)11-9-14-5-3-6-15(8-7-14)13(16)12-4-2-10-19-12/h2,4,10H,3,5-9,11H2,1H3. The SMILES string of the molecule is CS(=O)(=O)CCN1CCCN(C(=O)c2cccs2)CC1. The lowest BCUT2D eigenvalue weighted by Crippen LogP contribution is -2.36. The van der Waals surface area contributed by atoms with E-state index in [4.69, 9.17) is 0 Å². The van der Waals surface area contributed by atoms with Crippen molar-refractivity contribution in [2.24, 2.45) is 0 Å². The molecule has 0 unspecified atom stereocenters. The van der Waals surface area contributed by atoms with Gasteiger partial charge in [0.15, 0.2) is 0 Å². The molecule has 0 aromatic carbocycles. The lowest BCUT2D eigenvalue weighted by atomic mass is 10.3. The van der Waals surface area contributed by atoms with Crippen LogP contribution in [-0.2, 0) is 9.84 Å². The molecule has 1 aliphatic rings. The van der Waals surface area contributed by atoms with Gasteiger partial charge in [-0.2, -0.15) is 0 Å². The Morgan fingerprint density at radius 3 is 2.75 bits per heavy atom. The molecule has 1 amide bonds. The zero-order chi connectivity index (χ0) is 14.6. The minimum absolute atomic E-state index is 0.0879. The van der Waals surface area contributed by atoms with Crippen molar-refractivity contribution in [3.63, 3.8) is 0 Å². The summed E-state index contributed by atoms with van der Waals surface area (Å²) in [7, 11) is -2.92. The van der Waals surface area contributed by atoms with Crippen LogP contribution in [0.3, 0.4) is 0 Å². The molecule has 1 aromatic rings. The Kier molecular flexibility index (Phi) is 5.17. The minimum Gasteiger partial charge on any atom is -0.337 e. The smallest absolute Gasteiger partial charge is 0.263 e. The first kappa shape index (κ1) is 15.5. The second-order valence-electron chi connectivity index (χ2n) is 5.09. The van der Waals surface area contributed by atoms with E-state index >= 15 is 0 Å². The van der Waals surface area contributed by atoms with E-state index in [1.807, 2.05) is 22.4 Å². The summed E-state index contributed by atoms with van der Waals surface area (Å²) in [5.41, 5.74) is 0. The van der Waals surface area contributed by atoms with E-state index in [1.54, 1.807) is 0 Å². The summed E-state index contributed by atoms with van der Waals surface area (Å²) < 4.78 is 22.4. The molecule has 2 rings (SSSR count). The van der Waals surface area contributed by atoms with Gasteiger partial charge in [0, 0.05) is 32.4 Å². The van der Waals surface area contributed by atoms with Gasteiger partial charge in [0.1, 0.15) is 9.84 Å². The molecule has 7 heteroatoms. The van der Waals surface area contributed by atoms with E-state index < -0.39 is 9.84 Å². The topological polar surface area (TPSA) is 57.7 Å². The molecule has 1 aromatic heterocycles. The summed E-state index contributed by atoms with van der Waals surface area (Å²) in [6.07, 6.45) is 2.15. The van der Waals surface area contributed by atoms with E-state index in [9.17, 15) is 13.2 Å². The fourth-order valence-corrected chi connectivity index (χ4v) is 3.53. The summed E-state index contributed by atoms with van der Waals surface area (Å²) in [4.78, 5) is 17.0. The Morgan fingerprint density at radius 1 is 1.30 bits per heavy atom. The summed E-state index contributed by atoms with van der Waals surface area (Å²) in [5.74, 6) is 0.274. The van der Waals surface area contributed by atoms with Crippen LogP contribution in [0.1, 0.15) is 16.1 Å². The van der Waals surface area contributed by atoms with Gasteiger partial charge >= 0.3 is 0 Å². The monoisotopic (exact) mass is 316 g/mol. The molecule has 0 spiro atoms. The van der Waals surface area contributed by atoms with Crippen LogP contribution >= 0.6 is 11.3 Å². The van der Waals surface area contributed by atoms with Gasteiger partial charge < -0.3 is 9.80 Å². The first-order valence-corrected chi connectivity index (χ1v) is 9.62. The Balaban J connectivity index is 1.87. The van der Waals surface area contributed by atoms with E-state index in [0.717, 1.165) is 30.9 Å². The van der Waals surface area contributed by atoms with E-state index in [2.05, 4.69) is 4.90 Å². The number of nitrogens with zero attached hydrogens (tertiary/aromatic N) is 2. The quantitative estimate of drug-likeness (QED) is 0.829. The Hall–Kier alpha value is -0.920. The number of sulfone groups is 1. The second-order valence-corrected chi connectivity index (χ2v) is 8.30. The van der Waals surface area contributed by atoms with E-state index in [0.29, 0.717) is 13.1 Å². The van der Waals surface area contributed by atoms with E-state index in [-0.39, 0.29) is 11.7 Å². The maximum atomic E-state index is 12.3. The van der Waals surface area contributed by atoms with Gasteiger partial charge in [-0.25, -0.2) is 8.42 Å². The second kappa shape index (κ2) is 6.69. The predicted octanol–water partition coefficient (Wildman–Crippen LogP) is 0.941. The highest BCUT2D eigenvalue weighted by molar-refractivity contribution is 7.90. The molecule has 5 nitrogen and oxygen atoms in total. The molecular formula is C13H20N2O3S2. The van der Waals surface area contributed by atoms with Crippen molar-refractivity contribution in [2.45, 2.75) is 6.42 Å². The molecule has 112 valence electrons. The van der Waals surface area contributed by atoms with Crippen LogP contribution in [0.2, 0.25) is 0 Å². The van der Waals surface area contributed by atoms with Crippen molar-refractivity contribution in [1.29, 1.82) is 0 Å². The number of carbonyl (C=O) groups is 1. The van der Waals surface area contributed by atoms with Crippen molar-refractivity contribution in [3.05, 3.63) is 22.4 Å². The van der Waals surface area contributed by atoms with Crippen molar-refractivity contribution in [1.82, 2.24) is 9.80 Å². The van der Waals surface area contributed by atoms with Crippen LogP contribution in [0.4, 0.5) is 0 Å². The van der Waals surface area contributed by atoms with Crippen molar-refractivity contribution in [3.8, 4) is 0 Å². The van der Waals surface area contributed by atoms with Gasteiger partial charge in [0.2, 0.25) is 0 Å². The zero-order valence-electron chi connectivity index (χ0n) is 11.6. The van der Waals surface area contributed by atoms with Gasteiger partial charge in [-0.15, -0.1) is 11.3 Å². The fourth-order valence-electron chi connectivity index (χ4n) is 2.25. The number of hydrogen-bond acceptors (Lipinski definition) is 5. The third kappa shape index (κ3) is 4.57. The fraction of sp³-hybridized carbons (Fsp3) is 0.615. The zero-order valence-corrected chi connectivity index (χ0v) is 13.3. The van der Waals surface area contributed by atoms with Gasteiger partial charge in [0.25, 0.3) is 5.91 Å². The number of thiophene rings is 1. The van der Waals surface area contributed by atoms with Crippen LogP contribution in [-0.4, -0.2) is 68.9 Å². The van der Waals surface area contributed by atoms with Crippen LogP contribution in [0.25, 0.3) is 0 Å². The highest BCUT2D eigenvalue weighted by Gasteiger charge is 2.21. The molecule has 2 heterocycles. The van der Waals surface area contributed by atoms with Crippen molar-refractivity contribution < 1.29 is 13.2 Å². The van der Waals surface area contributed by atoms with Gasteiger partial charge in [-0.1, -0.05) is 6.07 Å². The Morgan fingerprint density at radius 2 is 2.10 bits per heavy atom. The first-order valence-electron chi connectivity index (χ1n) is 6.68. The third-order valence-electron chi connectivity index (χ3n) is 3.39. The molecule has 1 aliphatic heterocycles. The Bertz CT molecular complexity index is 540. The normalized spacial score (nSPS) is 17.9. The predicted molar refractivity (Wildman–Crippen MR) is 81.0 cm³/mol. The lowest BCUT2D eigenvalue weighted by molar-refractivity contribution is 0.0766. The molecule has 0 aliphatic carbocycles. The molecule has 0 bridgehead atoms. The molecule has 0 atom stereocenters. The molecule has 0 N–H and O–H groups in total. The Labute approximate surface area is 124 Å².